The van der Waals surface area contributed by atoms with Crippen molar-refractivity contribution < 1.29 is 0 Å². The van der Waals surface area contributed by atoms with Crippen molar-refractivity contribution in [2.45, 2.75) is 0 Å². The Labute approximate surface area is 340 Å². The van der Waals surface area contributed by atoms with E-state index in [4.69, 9.17) is 15.0 Å². The normalized spacial score (nSPS) is 11.7. The van der Waals surface area contributed by atoms with Crippen LogP contribution >= 0.6 is 0 Å². The molecule has 12 rings (SSSR count). The third-order valence-electron chi connectivity index (χ3n) is 11.9. The Hall–Kier alpha value is -7.95. The van der Waals surface area contributed by atoms with Crippen molar-refractivity contribution in [1.29, 1.82) is 0 Å². The Bertz CT molecular complexity index is 3570. The van der Waals surface area contributed by atoms with E-state index >= 15 is 0 Å². The quantitative estimate of drug-likeness (QED) is 0.130. The molecule has 0 spiro atoms. The molecule has 0 aliphatic carbocycles. The van der Waals surface area contributed by atoms with Crippen molar-refractivity contribution in [1.82, 2.24) is 19.5 Å². The first-order valence-electron chi connectivity index (χ1n) is 20.0. The van der Waals surface area contributed by atoms with Crippen molar-refractivity contribution in [3.05, 3.63) is 206 Å². The van der Waals surface area contributed by atoms with Crippen LogP contribution in [0.5, 0.6) is 0 Å². The van der Waals surface area contributed by atoms with Gasteiger partial charge in [-0.3, -0.25) is 4.57 Å². The Morgan fingerprint density at radius 3 is 1.54 bits per heavy atom. The van der Waals surface area contributed by atoms with Gasteiger partial charge in [-0.2, -0.15) is 9.97 Å². The van der Waals surface area contributed by atoms with Gasteiger partial charge in [-0.1, -0.05) is 182 Å². The van der Waals surface area contributed by atoms with E-state index in [0.29, 0.717) is 17.6 Å². The predicted molar refractivity (Wildman–Crippen MR) is 246 cm³/mol. The van der Waals surface area contributed by atoms with E-state index in [1.54, 1.807) is 0 Å². The first-order chi connectivity index (χ1) is 29.3. The van der Waals surface area contributed by atoms with Gasteiger partial charge < -0.3 is 0 Å². The zero-order valence-electron chi connectivity index (χ0n) is 31.9. The second kappa shape index (κ2) is 13.3. The van der Waals surface area contributed by atoms with Crippen molar-refractivity contribution in [3.8, 4) is 51.0 Å². The first-order valence-corrected chi connectivity index (χ1v) is 20.0. The second-order valence-corrected chi connectivity index (χ2v) is 15.1. The van der Waals surface area contributed by atoms with Crippen molar-refractivity contribution >= 4 is 64.9 Å². The molecule has 0 amide bonds. The minimum atomic E-state index is 0.574. The van der Waals surface area contributed by atoms with Gasteiger partial charge in [-0.05, 0) is 89.6 Å². The maximum atomic E-state index is 5.40. The fourth-order valence-electron chi connectivity index (χ4n) is 9.21. The van der Waals surface area contributed by atoms with Gasteiger partial charge in [0.2, 0.25) is 5.95 Å². The molecule has 274 valence electrons. The first kappa shape index (κ1) is 33.2. The van der Waals surface area contributed by atoms with Crippen LogP contribution in [0, 0.1) is 0 Å². The van der Waals surface area contributed by atoms with Gasteiger partial charge in [0.15, 0.2) is 11.6 Å². The topological polar surface area (TPSA) is 43.6 Å². The summed E-state index contributed by atoms with van der Waals surface area (Å²) in [7, 11) is 0. The highest BCUT2D eigenvalue weighted by Gasteiger charge is 2.22. The van der Waals surface area contributed by atoms with Crippen molar-refractivity contribution in [3.63, 3.8) is 0 Å². The third-order valence-corrected chi connectivity index (χ3v) is 11.9. The molecule has 0 aliphatic heterocycles. The summed E-state index contributed by atoms with van der Waals surface area (Å²) in [6.07, 6.45) is 0. The molecule has 10 aromatic carbocycles. The summed E-state index contributed by atoms with van der Waals surface area (Å²) in [4.78, 5) is 16.1. The molecule has 4 nitrogen and oxygen atoms in total. The molecule has 0 saturated heterocycles. The molecule has 0 saturated carbocycles. The van der Waals surface area contributed by atoms with E-state index in [9.17, 15) is 0 Å². The van der Waals surface area contributed by atoms with Crippen LogP contribution in [0.3, 0.4) is 0 Å². The largest absolute Gasteiger partial charge is 0.278 e. The number of rotatable bonds is 5. The lowest BCUT2D eigenvalue weighted by Crippen LogP contribution is -2.07. The van der Waals surface area contributed by atoms with Crippen LogP contribution in [0.2, 0.25) is 0 Å². The van der Waals surface area contributed by atoms with Crippen LogP contribution < -0.4 is 0 Å². The van der Waals surface area contributed by atoms with E-state index in [-0.39, 0.29) is 0 Å². The molecule has 12 aromatic rings. The zero-order chi connectivity index (χ0) is 38.9. The molecular weight excluding hydrogens is 717 g/mol. The molecular formula is C55H34N4. The lowest BCUT2D eigenvalue weighted by atomic mass is 9.87. The van der Waals surface area contributed by atoms with Crippen LogP contribution in [0.4, 0.5) is 0 Å². The molecule has 0 N–H and O–H groups in total. The smallest absolute Gasteiger partial charge is 0.238 e. The summed E-state index contributed by atoms with van der Waals surface area (Å²) in [6.45, 7) is 0. The molecule has 0 radical (unpaired) electrons. The number of nitrogens with zero attached hydrogens (tertiary/aromatic N) is 4. The Kier molecular flexibility index (Phi) is 7.50. The third kappa shape index (κ3) is 5.27. The van der Waals surface area contributed by atoms with Gasteiger partial charge >= 0.3 is 0 Å². The van der Waals surface area contributed by atoms with Crippen molar-refractivity contribution in [2.24, 2.45) is 0 Å². The Morgan fingerprint density at radius 2 is 0.814 bits per heavy atom. The molecule has 2 aromatic heterocycles. The standard InChI is InChI=1S/C55H34N4/c1-2-16-35(17-3-1)38-20-8-11-27-47(38)53-56-54(58-55(57-53)59-50-28-14-12-25-43(50)44-26-13-15-29-51(44)59)48-33-32-45(41-23-9-10-24-42(41)48)52-40-22-7-5-19-37(40)34-49-39-21-6-4-18-36(39)30-31-46(49)52/h1-34H. The molecule has 0 aliphatic rings. The van der Waals surface area contributed by atoms with Gasteiger partial charge in [0.1, 0.15) is 0 Å². The molecule has 0 unspecified atom stereocenters. The molecule has 4 heteroatoms. The van der Waals surface area contributed by atoms with Gasteiger partial charge in [0.05, 0.1) is 11.0 Å². The lowest BCUT2D eigenvalue weighted by molar-refractivity contribution is 0.954. The minimum Gasteiger partial charge on any atom is -0.278 e. The van der Waals surface area contributed by atoms with Crippen molar-refractivity contribution in [2.75, 3.05) is 0 Å². The number of aromatic nitrogens is 4. The fraction of sp³-hybridized carbons (Fsp3) is 0. The van der Waals surface area contributed by atoms with Crippen LogP contribution in [0.1, 0.15) is 0 Å². The van der Waals surface area contributed by atoms with Crippen LogP contribution in [0.15, 0.2) is 206 Å². The summed E-state index contributed by atoms with van der Waals surface area (Å²) in [6, 6.07) is 73.4. The Balaban J connectivity index is 1.15. The fourth-order valence-corrected chi connectivity index (χ4v) is 9.21. The number of hydrogen-bond acceptors (Lipinski definition) is 3. The predicted octanol–water partition coefficient (Wildman–Crippen LogP) is 14.2. The molecule has 2 heterocycles. The summed E-state index contributed by atoms with van der Waals surface area (Å²) < 4.78 is 2.19. The number of benzene rings is 10. The van der Waals surface area contributed by atoms with Crippen LogP contribution in [-0.2, 0) is 0 Å². The highest BCUT2D eigenvalue weighted by Crippen LogP contribution is 2.44. The van der Waals surface area contributed by atoms with Gasteiger partial charge in [0, 0.05) is 21.9 Å². The molecule has 0 bridgehead atoms. The minimum absolute atomic E-state index is 0.574. The molecule has 0 atom stereocenters. The lowest BCUT2D eigenvalue weighted by Gasteiger charge is -2.18. The second-order valence-electron chi connectivity index (χ2n) is 15.1. The Morgan fingerprint density at radius 1 is 0.288 bits per heavy atom. The van der Waals surface area contributed by atoms with E-state index in [1.807, 2.05) is 6.07 Å². The monoisotopic (exact) mass is 750 g/mol. The zero-order valence-corrected chi connectivity index (χ0v) is 31.9. The van der Waals surface area contributed by atoms with E-state index < -0.39 is 0 Å². The average Bonchev–Trinajstić information content (AvgIpc) is 3.65. The van der Waals surface area contributed by atoms with E-state index in [2.05, 4.69) is 205 Å². The highest BCUT2D eigenvalue weighted by atomic mass is 15.2. The number of fused-ring (bicyclic) bond motifs is 8. The van der Waals surface area contributed by atoms with Gasteiger partial charge in [-0.25, -0.2) is 4.98 Å². The SMILES string of the molecule is c1ccc(-c2ccccc2-c2nc(-c3ccc(-c4c5ccccc5cc5c4ccc4ccccc45)c4ccccc34)nc(-n3c4ccccc4c4ccccc43)n2)cc1. The number of hydrogen-bond donors (Lipinski definition) is 0. The summed E-state index contributed by atoms with van der Waals surface area (Å²) in [5, 5.41) is 11.9. The maximum Gasteiger partial charge on any atom is 0.238 e. The molecule has 59 heavy (non-hydrogen) atoms. The van der Waals surface area contributed by atoms with Gasteiger partial charge in [-0.15, -0.1) is 0 Å². The highest BCUT2D eigenvalue weighted by molar-refractivity contribution is 6.23. The van der Waals surface area contributed by atoms with Crippen LogP contribution in [-0.4, -0.2) is 19.5 Å². The average molecular weight is 751 g/mol. The maximum absolute atomic E-state index is 5.40. The summed E-state index contributed by atoms with van der Waals surface area (Å²) in [5.74, 6) is 1.81. The van der Waals surface area contributed by atoms with Crippen LogP contribution in [0.25, 0.3) is 116 Å². The number of para-hydroxylation sites is 2. The van der Waals surface area contributed by atoms with E-state index in [1.165, 1.54) is 43.4 Å². The summed E-state index contributed by atoms with van der Waals surface area (Å²) in [5.41, 5.74) is 8.55. The van der Waals surface area contributed by atoms with Gasteiger partial charge in [0.25, 0.3) is 0 Å². The van der Waals surface area contributed by atoms with E-state index in [0.717, 1.165) is 54.8 Å². The summed E-state index contributed by atoms with van der Waals surface area (Å²) >= 11 is 0. The molecule has 0 fully saturated rings.